The Labute approximate surface area is 102 Å². The normalized spacial score (nSPS) is 11.8. The second-order valence-electron chi connectivity index (χ2n) is 3.91. The van der Waals surface area contributed by atoms with Crippen LogP contribution in [0.4, 0.5) is 0 Å². The molecule has 3 heteroatoms. The van der Waals surface area contributed by atoms with E-state index in [4.69, 9.17) is 0 Å². The van der Waals surface area contributed by atoms with E-state index in [0.29, 0.717) is 0 Å². The van der Waals surface area contributed by atoms with E-state index < -0.39 is 8.07 Å². The number of hydrogen-bond donors (Lipinski definition) is 0. The molecule has 0 unspecified atom stereocenters. The average molecular weight is 402 g/mol. The van der Waals surface area contributed by atoms with Crippen LogP contribution in [0, 0.1) is 7.14 Å². The van der Waals surface area contributed by atoms with E-state index in [9.17, 15) is 0 Å². The molecule has 0 saturated heterocycles. The number of hydrogen-bond acceptors (Lipinski definition) is 0. The van der Waals surface area contributed by atoms with Gasteiger partial charge in [0.1, 0.15) is 0 Å². The third-order valence-electron chi connectivity index (χ3n) is 1.73. The first-order chi connectivity index (χ1) is 5.39. The summed E-state index contributed by atoms with van der Waals surface area (Å²) in [4.78, 5) is 0. The lowest BCUT2D eigenvalue weighted by Crippen LogP contribution is -2.37. The summed E-state index contributed by atoms with van der Waals surface area (Å²) in [5.74, 6) is 0. The van der Waals surface area contributed by atoms with E-state index in [1.165, 1.54) is 7.14 Å². The summed E-state index contributed by atoms with van der Waals surface area (Å²) in [7, 11) is -1.11. The van der Waals surface area contributed by atoms with Crippen LogP contribution in [0.5, 0.6) is 0 Å². The van der Waals surface area contributed by atoms with Gasteiger partial charge in [0.15, 0.2) is 0 Å². The third-order valence-corrected chi connectivity index (χ3v) is 4.99. The smallest absolute Gasteiger partial charge is 0.0656 e. The summed E-state index contributed by atoms with van der Waals surface area (Å²) in [6.45, 7) is 7.15. The monoisotopic (exact) mass is 402 g/mol. The fourth-order valence-electron chi connectivity index (χ4n) is 0.987. The number of rotatable bonds is 1. The molecule has 0 spiro atoms. The Morgan fingerprint density at radius 2 is 1.33 bits per heavy atom. The lowest BCUT2D eigenvalue weighted by Gasteiger charge is -2.17. The molecule has 12 heavy (non-hydrogen) atoms. The zero-order chi connectivity index (χ0) is 9.35. The van der Waals surface area contributed by atoms with Crippen LogP contribution in [0.15, 0.2) is 18.2 Å². The van der Waals surface area contributed by atoms with Crippen molar-refractivity contribution in [2.75, 3.05) is 0 Å². The summed E-state index contributed by atoms with van der Waals surface area (Å²) in [6, 6.07) is 6.84. The summed E-state index contributed by atoms with van der Waals surface area (Å²) in [6.07, 6.45) is 0. The van der Waals surface area contributed by atoms with Crippen LogP contribution in [0.2, 0.25) is 19.6 Å². The Balaban J connectivity index is 3.18. The van der Waals surface area contributed by atoms with Crippen molar-refractivity contribution < 1.29 is 0 Å². The highest BCUT2D eigenvalue weighted by Crippen LogP contribution is 2.12. The van der Waals surface area contributed by atoms with Crippen LogP contribution in [0.25, 0.3) is 0 Å². The molecule has 66 valence electrons. The van der Waals surface area contributed by atoms with Gasteiger partial charge in [0, 0.05) is 7.14 Å². The van der Waals surface area contributed by atoms with Crippen LogP contribution in [-0.4, -0.2) is 8.07 Å². The highest BCUT2D eigenvalue weighted by Gasteiger charge is 2.16. The molecule has 1 rings (SSSR count). The molecule has 0 N–H and O–H groups in total. The molecule has 0 aliphatic heterocycles. The molecule has 1 aromatic carbocycles. The molecular formula is C9H12I2Si. The molecular weight excluding hydrogens is 390 g/mol. The predicted octanol–water partition coefficient (Wildman–Crippen LogP) is 3.44. The molecule has 0 aromatic heterocycles. The largest absolute Gasteiger partial charge is 0.0776 e. The molecule has 0 atom stereocenters. The molecule has 0 fully saturated rings. The van der Waals surface area contributed by atoms with Crippen molar-refractivity contribution in [3.63, 3.8) is 0 Å². The van der Waals surface area contributed by atoms with E-state index in [0.717, 1.165) is 0 Å². The highest BCUT2D eigenvalue weighted by atomic mass is 127. The summed E-state index contributed by atoms with van der Waals surface area (Å²) in [5, 5.41) is 1.55. The minimum Gasteiger partial charge on any atom is -0.0656 e. The summed E-state index contributed by atoms with van der Waals surface area (Å²) >= 11 is 4.78. The van der Waals surface area contributed by atoms with Gasteiger partial charge in [-0.3, -0.25) is 0 Å². The van der Waals surface area contributed by atoms with Crippen molar-refractivity contribution in [1.29, 1.82) is 0 Å². The van der Waals surface area contributed by atoms with Gasteiger partial charge in [0.05, 0.1) is 8.07 Å². The molecule has 1 aromatic rings. The minimum atomic E-state index is -1.11. The van der Waals surface area contributed by atoms with Crippen molar-refractivity contribution in [3.05, 3.63) is 25.3 Å². The van der Waals surface area contributed by atoms with Crippen LogP contribution in [-0.2, 0) is 0 Å². The molecule has 0 aliphatic carbocycles. The first-order valence-electron chi connectivity index (χ1n) is 3.86. The van der Waals surface area contributed by atoms with E-state index in [2.05, 4.69) is 83.0 Å². The molecule has 0 bridgehead atoms. The Morgan fingerprint density at radius 3 is 1.67 bits per heavy atom. The molecule has 0 amide bonds. The van der Waals surface area contributed by atoms with E-state index in [1.54, 1.807) is 5.19 Å². The maximum atomic E-state index is 2.39. The zero-order valence-electron chi connectivity index (χ0n) is 7.49. The molecule has 0 aliphatic rings. The lowest BCUT2D eigenvalue weighted by molar-refractivity contribution is 1.59. The van der Waals surface area contributed by atoms with Gasteiger partial charge in [-0.25, -0.2) is 0 Å². The maximum Gasteiger partial charge on any atom is 0.0776 e. The number of benzene rings is 1. The predicted molar refractivity (Wildman–Crippen MR) is 74.9 cm³/mol. The van der Waals surface area contributed by atoms with Gasteiger partial charge in [-0.1, -0.05) is 24.8 Å². The first-order valence-corrected chi connectivity index (χ1v) is 9.52. The SMILES string of the molecule is C[Si](C)(C)c1cc(I)cc(I)c1. The Hall–Kier alpha value is 0.897. The van der Waals surface area contributed by atoms with Crippen molar-refractivity contribution in [1.82, 2.24) is 0 Å². The third kappa shape index (κ3) is 2.99. The second-order valence-corrected chi connectivity index (χ2v) is 11.5. The fraction of sp³-hybridized carbons (Fsp3) is 0.333. The van der Waals surface area contributed by atoms with Crippen molar-refractivity contribution in [2.45, 2.75) is 19.6 Å². The van der Waals surface area contributed by atoms with Crippen molar-refractivity contribution in [3.8, 4) is 0 Å². The Bertz CT molecular complexity index is 269. The van der Waals surface area contributed by atoms with Gasteiger partial charge >= 0.3 is 0 Å². The van der Waals surface area contributed by atoms with E-state index in [-0.39, 0.29) is 0 Å². The van der Waals surface area contributed by atoms with E-state index in [1.807, 2.05) is 0 Å². The Kier molecular flexibility index (Phi) is 3.62. The van der Waals surface area contributed by atoms with Crippen LogP contribution >= 0.6 is 45.2 Å². The minimum absolute atomic E-state index is 1.11. The summed E-state index contributed by atoms with van der Waals surface area (Å²) in [5.41, 5.74) is 0. The lowest BCUT2D eigenvalue weighted by atomic mass is 10.4. The topological polar surface area (TPSA) is 0 Å². The molecule has 0 radical (unpaired) electrons. The van der Waals surface area contributed by atoms with Crippen LogP contribution in [0.1, 0.15) is 0 Å². The van der Waals surface area contributed by atoms with Crippen LogP contribution < -0.4 is 5.19 Å². The molecule has 0 nitrogen and oxygen atoms in total. The molecule has 0 saturated carbocycles. The van der Waals surface area contributed by atoms with Gasteiger partial charge in [0.25, 0.3) is 0 Å². The Morgan fingerprint density at radius 1 is 0.917 bits per heavy atom. The van der Waals surface area contributed by atoms with Gasteiger partial charge < -0.3 is 0 Å². The molecule has 0 heterocycles. The average Bonchev–Trinajstić information content (AvgIpc) is 1.82. The van der Waals surface area contributed by atoms with Gasteiger partial charge in [0.2, 0.25) is 0 Å². The quantitative estimate of drug-likeness (QED) is 0.499. The van der Waals surface area contributed by atoms with E-state index >= 15 is 0 Å². The van der Waals surface area contributed by atoms with Gasteiger partial charge in [-0.15, -0.1) is 0 Å². The fourth-order valence-corrected chi connectivity index (χ4v) is 4.69. The van der Waals surface area contributed by atoms with Gasteiger partial charge in [-0.05, 0) is 63.4 Å². The van der Waals surface area contributed by atoms with Gasteiger partial charge in [-0.2, -0.15) is 0 Å². The maximum absolute atomic E-state index is 2.39. The van der Waals surface area contributed by atoms with Crippen LogP contribution in [0.3, 0.4) is 0 Å². The first kappa shape index (κ1) is 11.0. The second kappa shape index (κ2) is 3.96. The standard InChI is InChI=1S/C9H12I2Si/c1-12(2,3)9-5-7(10)4-8(11)6-9/h4-6H,1-3H3. The van der Waals surface area contributed by atoms with Crippen molar-refractivity contribution >= 4 is 58.4 Å². The zero-order valence-corrected chi connectivity index (χ0v) is 12.8. The van der Waals surface area contributed by atoms with Crippen molar-refractivity contribution in [2.24, 2.45) is 0 Å². The number of halogens is 2. The highest BCUT2D eigenvalue weighted by molar-refractivity contribution is 14.1. The summed E-state index contributed by atoms with van der Waals surface area (Å²) < 4.78 is 2.72.